The summed E-state index contributed by atoms with van der Waals surface area (Å²) >= 11 is 0. The molecule has 4 unspecified atom stereocenters. The van der Waals surface area contributed by atoms with Crippen LogP contribution in [-0.2, 0) is 9.53 Å². The van der Waals surface area contributed by atoms with Gasteiger partial charge in [-0.15, -0.1) is 0 Å². The number of aryl methyl sites for hydroxylation is 1. The van der Waals surface area contributed by atoms with Crippen molar-refractivity contribution in [1.82, 2.24) is 15.2 Å². The van der Waals surface area contributed by atoms with Crippen LogP contribution in [0.15, 0.2) is 48.7 Å². The minimum atomic E-state index is -1.19. The minimum Gasteiger partial charge on any atom is -0.388 e. The van der Waals surface area contributed by atoms with Crippen molar-refractivity contribution >= 4 is 17.6 Å². The summed E-state index contributed by atoms with van der Waals surface area (Å²) in [6.45, 7) is 4.43. The van der Waals surface area contributed by atoms with Gasteiger partial charge in [0.05, 0.1) is 12.5 Å². The zero-order valence-corrected chi connectivity index (χ0v) is 18.6. The number of piperazine rings is 1. The number of rotatable bonds is 6. The highest BCUT2D eigenvalue weighted by Gasteiger charge is 2.44. The number of hydrogen-bond donors (Lipinski definition) is 3. The summed E-state index contributed by atoms with van der Waals surface area (Å²) in [5, 5.41) is 23.5. The SMILES string of the molecule is Cc1ccc(C(=O)NCC2OC(CC(=O)N3CCN(c4ccccn4)CC3)C(O)C2O)cc1. The zero-order valence-electron chi connectivity index (χ0n) is 18.6. The molecular weight excluding hydrogens is 424 g/mol. The number of nitrogens with zero attached hydrogens (tertiary/aromatic N) is 3. The maximum absolute atomic E-state index is 12.8. The largest absolute Gasteiger partial charge is 0.388 e. The van der Waals surface area contributed by atoms with Crippen molar-refractivity contribution in [3.8, 4) is 0 Å². The standard InChI is InChI=1S/C24H30N4O5/c1-16-5-7-17(8-6-16)24(32)26-15-19-23(31)22(30)18(33-19)14-21(29)28-12-10-27(11-13-28)20-4-2-3-9-25-20/h2-9,18-19,22-23,30-31H,10-15H2,1H3,(H,26,32). The summed E-state index contributed by atoms with van der Waals surface area (Å²) in [6, 6.07) is 12.9. The van der Waals surface area contributed by atoms with Gasteiger partial charge in [-0.25, -0.2) is 4.98 Å². The van der Waals surface area contributed by atoms with Crippen molar-refractivity contribution in [2.24, 2.45) is 0 Å². The predicted octanol–water partition coefficient (Wildman–Crippen LogP) is 0.348. The van der Waals surface area contributed by atoms with E-state index in [1.165, 1.54) is 0 Å². The number of aliphatic hydroxyl groups excluding tert-OH is 2. The molecule has 2 aliphatic heterocycles. The van der Waals surface area contributed by atoms with Crippen LogP contribution < -0.4 is 10.2 Å². The van der Waals surface area contributed by atoms with Crippen LogP contribution in [0.5, 0.6) is 0 Å². The van der Waals surface area contributed by atoms with Crippen molar-refractivity contribution in [1.29, 1.82) is 0 Å². The first-order chi connectivity index (χ1) is 15.9. The van der Waals surface area contributed by atoms with E-state index >= 15 is 0 Å². The number of ether oxygens (including phenoxy) is 1. The molecule has 9 nitrogen and oxygen atoms in total. The molecule has 2 aromatic rings. The summed E-state index contributed by atoms with van der Waals surface area (Å²) in [7, 11) is 0. The number of anilines is 1. The van der Waals surface area contributed by atoms with Crippen LogP contribution >= 0.6 is 0 Å². The fraction of sp³-hybridized carbons (Fsp3) is 0.458. The Morgan fingerprint density at radius 2 is 1.73 bits per heavy atom. The van der Waals surface area contributed by atoms with Gasteiger partial charge >= 0.3 is 0 Å². The maximum atomic E-state index is 12.8. The van der Waals surface area contributed by atoms with Crippen LogP contribution in [0.4, 0.5) is 5.82 Å². The molecule has 0 spiro atoms. The van der Waals surface area contributed by atoms with E-state index in [-0.39, 0.29) is 24.8 Å². The number of nitrogens with one attached hydrogen (secondary N) is 1. The van der Waals surface area contributed by atoms with Crippen molar-refractivity contribution < 1.29 is 24.5 Å². The van der Waals surface area contributed by atoms with Gasteiger partial charge in [0.2, 0.25) is 5.91 Å². The first-order valence-corrected chi connectivity index (χ1v) is 11.2. The van der Waals surface area contributed by atoms with Gasteiger partial charge in [-0.2, -0.15) is 0 Å². The lowest BCUT2D eigenvalue weighted by atomic mass is 10.0. The third kappa shape index (κ3) is 5.50. The Balaban J connectivity index is 1.25. The maximum Gasteiger partial charge on any atom is 0.251 e. The van der Waals surface area contributed by atoms with Crippen LogP contribution in [0, 0.1) is 6.92 Å². The van der Waals surface area contributed by atoms with Crippen molar-refractivity contribution in [2.75, 3.05) is 37.6 Å². The number of amides is 2. The van der Waals surface area contributed by atoms with Crippen molar-refractivity contribution in [2.45, 2.75) is 37.8 Å². The molecule has 9 heteroatoms. The Hall–Kier alpha value is -3.01. The third-order valence-corrected chi connectivity index (χ3v) is 6.22. The van der Waals surface area contributed by atoms with E-state index in [0.29, 0.717) is 31.7 Å². The average Bonchev–Trinajstić information content (AvgIpc) is 3.11. The number of aromatic nitrogens is 1. The molecule has 0 aliphatic carbocycles. The minimum absolute atomic E-state index is 0.0236. The first-order valence-electron chi connectivity index (χ1n) is 11.2. The van der Waals surface area contributed by atoms with Gasteiger partial charge in [-0.05, 0) is 31.2 Å². The highest BCUT2D eigenvalue weighted by Crippen LogP contribution is 2.24. The van der Waals surface area contributed by atoms with Gasteiger partial charge < -0.3 is 30.1 Å². The number of carbonyl (C=O) groups is 2. The molecule has 4 rings (SSSR count). The molecule has 0 radical (unpaired) electrons. The molecule has 0 bridgehead atoms. The van der Waals surface area contributed by atoms with E-state index in [0.717, 1.165) is 11.4 Å². The fourth-order valence-corrected chi connectivity index (χ4v) is 4.19. The van der Waals surface area contributed by atoms with Gasteiger partial charge in [0.15, 0.2) is 0 Å². The molecule has 0 saturated carbocycles. The summed E-state index contributed by atoms with van der Waals surface area (Å²) in [5.74, 6) is 0.472. The number of carbonyl (C=O) groups excluding carboxylic acids is 2. The van der Waals surface area contributed by atoms with Crippen LogP contribution in [0.25, 0.3) is 0 Å². The summed E-state index contributed by atoms with van der Waals surface area (Å²) in [6.07, 6.45) is -2.25. The normalized spacial score (nSPS) is 25.2. The van der Waals surface area contributed by atoms with Gasteiger partial charge in [-0.1, -0.05) is 23.8 Å². The van der Waals surface area contributed by atoms with E-state index in [1.807, 2.05) is 37.3 Å². The highest BCUT2D eigenvalue weighted by molar-refractivity contribution is 5.94. The van der Waals surface area contributed by atoms with Gasteiger partial charge in [-0.3, -0.25) is 9.59 Å². The van der Waals surface area contributed by atoms with Crippen molar-refractivity contribution in [3.63, 3.8) is 0 Å². The lowest BCUT2D eigenvalue weighted by Gasteiger charge is -2.36. The highest BCUT2D eigenvalue weighted by atomic mass is 16.5. The lowest BCUT2D eigenvalue weighted by Crippen LogP contribution is -2.50. The van der Waals surface area contributed by atoms with Crippen molar-refractivity contribution in [3.05, 3.63) is 59.8 Å². The smallest absolute Gasteiger partial charge is 0.251 e. The molecule has 33 heavy (non-hydrogen) atoms. The Kier molecular flexibility index (Phi) is 7.22. The summed E-state index contributed by atoms with van der Waals surface area (Å²) in [5.41, 5.74) is 1.56. The zero-order chi connectivity index (χ0) is 23.4. The second-order valence-electron chi connectivity index (χ2n) is 8.53. The molecule has 4 atom stereocenters. The quantitative estimate of drug-likeness (QED) is 0.577. The molecule has 2 saturated heterocycles. The fourth-order valence-electron chi connectivity index (χ4n) is 4.19. The van der Waals surface area contributed by atoms with Gasteiger partial charge in [0.25, 0.3) is 5.91 Å². The number of benzene rings is 1. The van der Waals surface area contributed by atoms with E-state index in [1.54, 1.807) is 23.2 Å². The summed E-state index contributed by atoms with van der Waals surface area (Å²) < 4.78 is 5.76. The van der Waals surface area contributed by atoms with Gasteiger partial charge in [0.1, 0.15) is 24.1 Å². The van der Waals surface area contributed by atoms with Gasteiger partial charge in [0, 0.05) is 44.5 Å². The van der Waals surface area contributed by atoms with E-state index in [9.17, 15) is 19.8 Å². The summed E-state index contributed by atoms with van der Waals surface area (Å²) in [4.78, 5) is 33.3. The molecule has 176 valence electrons. The molecular formula is C24H30N4O5. The molecule has 1 aromatic heterocycles. The number of hydrogen-bond acceptors (Lipinski definition) is 7. The number of pyridine rings is 1. The molecule has 2 fully saturated rings. The Morgan fingerprint density at radius 3 is 2.39 bits per heavy atom. The van der Waals surface area contributed by atoms with E-state index < -0.39 is 24.4 Å². The molecule has 2 aliphatic rings. The number of aliphatic hydroxyl groups is 2. The van der Waals surface area contributed by atoms with Crippen LogP contribution in [-0.4, -0.2) is 89.1 Å². The molecule has 3 heterocycles. The average molecular weight is 455 g/mol. The second kappa shape index (κ2) is 10.3. The first kappa shape index (κ1) is 23.2. The monoisotopic (exact) mass is 454 g/mol. The topological polar surface area (TPSA) is 115 Å². The Bertz CT molecular complexity index is 947. The third-order valence-electron chi connectivity index (χ3n) is 6.22. The second-order valence-corrected chi connectivity index (χ2v) is 8.53. The van der Waals surface area contributed by atoms with E-state index in [4.69, 9.17) is 4.74 Å². The lowest BCUT2D eigenvalue weighted by molar-refractivity contribution is -0.135. The Morgan fingerprint density at radius 1 is 1.03 bits per heavy atom. The Labute approximate surface area is 193 Å². The van der Waals surface area contributed by atoms with Crippen LogP contribution in [0.2, 0.25) is 0 Å². The van der Waals surface area contributed by atoms with Crippen LogP contribution in [0.1, 0.15) is 22.3 Å². The predicted molar refractivity (Wildman–Crippen MR) is 122 cm³/mol. The molecule has 3 N–H and O–H groups in total. The molecule has 2 amide bonds. The van der Waals surface area contributed by atoms with E-state index in [2.05, 4.69) is 15.2 Å². The van der Waals surface area contributed by atoms with Crippen LogP contribution in [0.3, 0.4) is 0 Å². The molecule has 1 aromatic carbocycles.